The molecule has 0 radical (unpaired) electrons. The van der Waals surface area contributed by atoms with Gasteiger partial charge >= 0.3 is 11.9 Å². The summed E-state index contributed by atoms with van der Waals surface area (Å²) >= 11 is 0. The molecule has 0 spiro atoms. The van der Waals surface area contributed by atoms with Crippen LogP contribution in [-0.2, 0) is 9.47 Å². The molecule has 138 valence electrons. The van der Waals surface area contributed by atoms with Gasteiger partial charge in [0, 0.05) is 5.69 Å². The molecule has 0 atom stereocenters. The molecule has 0 aliphatic heterocycles. The minimum absolute atomic E-state index is 0.249. The number of carbonyl (C=O) groups excluding carboxylic acids is 3. The highest BCUT2D eigenvalue weighted by Gasteiger charge is 2.23. The van der Waals surface area contributed by atoms with Gasteiger partial charge in [0.15, 0.2) is 6.61 Å². The molecule has 0 amide bonds. The number of carbonyl (C=O) groups is 3. The third kappa shape index (κ3) is 4.20. The maximum absolute atomic E-state index is 12.4. The molecule has 0 aliphatic rings. The van der Waals surface area contributed by atoms with E-state index in [9.17, 15) is 14.4 Å². The second kappa shape index (κ2) is 7.99. The highest BCUT2D eigenvalue weighted by Crippen LogP contribution is 2.20. The molecule has 1 aromatic carbocycles. The number of benzene rings is 1. The van der Waals surface area contributed by atoms with Crippen LogP contribution in [0, 0.1) is 27.7 Å². The number of aromatic nitrogens is 1. The molecule has 1 aromatic heterocycles. The number of ketones is 1. The topological polar surface area (TPSA) is 85.5 Å². The lowest BCUT2D eigenvalue weighted by Gasteiger charge is -2.06. The number of rotatable bonds is 6. The summed E-state index contributed by atoms with van der Waals surface area (Å²) in [4.78, 5) is 39.5. The Balaban J connectivity index is 2.12. The summed E-state index contributed by atoms with van der Waals surface area (Å²) < 4.78 is 10.1. The van der Waals surface area contributed by atoms with Crippen LogP contribution in [0.15, 0.2) is 18.2 Å². The molecule has 0 saturated heterocycles. The highest BCUT2D eigenvalue weighted by atomic mass is 16.5. The normalized spacial score (nSPS) is 10.5. The van der Waals surface area contributed by atoms with E-state index in [4.69, 9.17) is 9.47 Å². The first-order chi connectivity index (χ1) is 12.2. The average molecular weight is 357 g/mol. The zero-order chi connectivity index (χ0) is 19.4. The Kier molecular flexibility index (Phi) is 5.97. The average Bonchev–Trinajstić information content (AvgIpc) is 2.86. The van der Waals surface area contributed by atoms with Gasteiger partial charge in [-0.1, -0.05) is 17.2 Å². The molecule has 2 rings (SSSR count). The Bertz CT molecular complexity index is 843. The van der Waals surface area contributed by atoms with Crippen LogP contribution in [0.4, 0.5) is 0 Å². The van der Waals surface area contributed by atoms with E-state index in [1.807, 2.05) is 19.9 Å². The Morgan fingerprint density at radius 2 is 1.54 bits per heavy atom. The molecule has 1 N–H and O–H groups in total. The molecule has 0 aliphatic carbocycles. The number of H-pyrrole nitrogens is 1. The molecule has 26 heavy (non-hydrogen) atoms. The Hall–Kier alpha value is -2.89. The van der Waals surface area contributed by atoms with Gasteiger partial charge in [-0.25, -0.2) is 9.59 Å². The number of ether oxygens (including phenoxy) is 2. The van der Waals surface area contributed by atoms with Crippen LogP contribution < -0.4 is 0 Å². The van der Waals surface area contributed by atoms with Crippen molar-refractivity contribution in [3.05, 3.63) is 57.4 Å². The third-order valence-electron chi connectivity index (χ3n) is 3.99. The minimum Gasteiger partial charge on any atom is -0.462 e. The molecular weight excluding hydrogens is 334 g/mol. The zero-order valence-electron chi connectivity index (χ0n) is 15.7. The van der Waals surface area contributed by atoms with Crippen molar-refractivity contribution in [3.8, 4) is 0 Å². The fraction of sp³-hybridized carbons (Fsp3) is 0.350. The minimum atomic E-state index is -0.559. The lowest BCUT2D eigenvalue weighted by molar-refractivity contribution is 0.0472. The standard InChI is InChI=1S/C20H23NO5/c1-6-25-20(24)17-13(4)18(21-14(17)5)16(22)10-26-19(23)15-8-11(2)7-12(3)9-15/h7-9,21H,6,10H2,1-5H3. The predicted molar refractivity (Wildman–Crippen MR) is 96.8 cm³/mol. The summed E-state index contributed by atoms with van der Waals surface area (Å²) in [5, 5.41) is 0. The molecule has 0 fully saturated rings. The molecule has 6 heteroatoms. The number of aryl methyl sites for hydroxylation is 3. The smallest absolute Gasteiger partial charge is 0.340 e. The Morgan fingerprint density at radius 3 is 2.12 bits per heavy atom. The van der Waals surface area contributed by atoms with Crippen molar-refractivity contribution in [1.29, 1.82) is 0 Å². The van der Waals surface area contributed by atoms with Gasteiger partial charge < -0.3 is 14.5 Å². The SMILES string of the molecule is CCOC(=O)c1c(C)[nH]c(C(=O)COC(=O)c2cc(C)cc(C)c2)c1C. The second-order valence-corrected chi connectivity index (χ2v) is 6.22. The second-order valence-electron chi connectivity index (χ2n) is 6.22. The van der Waals surface area contributed by atoms with E-state index in [0.717, 1.165) is 11.1 Å². The summed E-state index contributed by atoms with van der Waals surface area (Å²) in [7, 11) is 0. The molecular formula is C20H23NO5. The lowest BCUT2D eigenvalue weighted by atomic mass is 10.1. The van der Waals surface area contributed by atoms with Gasteiger partial charge in [-0.15, -0.1) is 0 Å². The van der Waals surface area contributed by atoms with Crippen molar-refractivity contribution >= 4 is 17.7 Å². The van der Waals surface area contributed by atoms with Crippen LogP contribution in [0.5, 0.6) is 0 Å². The number of hydrogen-bond donors (Lipinski definition) is 1. The van der Waals surface area contributed by atoms with E-state index >= 15 is 0 Å². The fourth-order valence-electron chi connectivity index (χ4n) is 2.92. The van der Waals surface area contributed by atoms with Crippen LogP contribution >= 0.6 is 0 Å². The first kappa shape index (κ1) is 19.4. The van der Waals surface area contributed by atoms with Gasteiger partial charge in [0.05, 0.1) is 23.4 Å². The Labute approximate surface area is 152 Å². The lowest BCUT2D eigenvalue weighted by Crippen LogP contribution is -2.16. The number of aromatic amines is 1. The van der Waals surface area contributed by atoms with E-state index in [1.165, 1.54) is 0 Å². The summed E-state index contributed by atoms with van der Waals surface area (Å²) in [6, 6.07) is 5.37. The summed E-state index contributed by atoms with van der Waals surface area (Å²) in [6.07, 6.45) is 0. The van der Waals surface area contributed by atoms with Crippen LogP contribution in [0.25, 0.3) is 0 Å². The monoisotopic (exact) mass is 357 g/mol. The van der Waals surface area contributed by atoms with Crippen molar-refractivity contribution in [1.82, 2.24) is 4.98 Å². The van der Waals surface area contributed by atoms with Crippen molar-refractivity contribution in [2.45, 2.75) is 34.6 Å². The van der Waals surface area contributed by atoms with Crippen LogP contribution in [-0.4, -0.2) is 35.9 Å². The quantitative estimate of drug-likeness (QED) is 0.632. The van der Waals surface area contributed by atoms with Crippen LogP contribution in [0.3, 0.4) is 0 Å². The van der Waals surface area contributed by atoms with Gasteiger partial charge in [-0.3, -0.25) is 4.79 Å². The predicted octanol–water partition coefficient (Wildman–Crippen LogP) is 3.46. The molecule has 0 unspecified atom stereocenters. The largest absolute Gasteiger partial charge is 0.462 e. The van der Waals surface area contributed by atoms with Gasteiger partial charge in [-0.05, 0) is 52.3 Å². The van der Waals surface area contributed by atoms with Gasteiger partial charge in [0.1, 0.15) is 0 Å². The van der Waals surface area contributed by atoms with E-state index in [2.05, 4.69) is 4.98 Å². The molecule has 1 heterocycles. The Morgan fingerprint density at radius 1 is 0.923 bits per heavy atom. The third-order valence-corrected chi connectivity index (χ3v) is 3.99. The molecule has 0 saturated carbocycles. The summed E-state index contributed by atoms with van der Waals surface area (Å²) in [5.74, 6) is -1.44. The van der Waals surface area contributed by atoms with Crippen LogP contribution in [0.2, 0.25) is 0 Å². The van der Waals surface area contributed by atoms with Crippen molar-refractivity contribution in [2.75, 3.05) is 13.2 Å². The van der Waals surface area contributed by atoms with Gasteiger partial charge in [0.25, 0.3) is 0 Å². The van der Waals surface area contributed by atoms with Crippen molar-refractivity contribution in [3.63, 3.8) is 0 Å². The van der Waals surface area contributed by atoms with Gasteiger partial charge in [0.2, 0.25) is 5.78 Å². The maximum atomic E-state index is 12.4. The molecule has 2 aromatic rings. The summed E-state index contributed by atoms with van der Waals surface area (Å²) in [6.45, 7) is 8.68. The molecule has 6 nitrogen and oxygen atoms in total. The van der Waals surface area contributed by atoms with Crippen molar-refractivity contribution < 1.29 is 23.9 Å². The van der Waals surface area contributed by atoms with E-state index in [-0.39, 0.29) is 12.3 Å². The first-order valence-corrected chi connectivity index (χ1v) is 8.39. The van der Waals surface area contributed by atoms with Gasteiger partial charge in [-0.2, -0.15) is 0 Å². The van der Waals surface area contributed by atoms with E-state index in [1.54, 1.807) is 32.9 Å². The summed E-state index contributed by atoms with van der Waals surface area (Å²) in [5.41, 5.74) is 3.92. The number of hydrogen-bond acceptors (Lipinski definition) is 5. The first-order valence-electron chi connectivity index (χ1n) is 8.39. The number of Topliss-reactive ketones (excluding diaryl/α,β-unsaturated/α-hetero) is 1. The highest BCUT2D eigenvalue weighted by molar-refractivity contribution is 6.03. The maximum Gasteiger partial charge on any atom is 0.340 e. The van der Waals surface area contributed by atoms with E-state index < -0.39 is 24.3 Å². The number of esters is 2. The van der Waals surface area contributed by atoms with E-state index in [0.29, 0.717) is 22.4 Å². The van der Waals surface area contributed by atoms with Crippen LogP contribution in [0.1, 0.15) is 60.5 Å². The zero-order valence-corrected chi connectivity index (χ0v) is 15.7. The van der Waals surface area contributed by atoms with Crippen molar-refractivity contribution in [2.24, 2.45) is 0 Å². The fourth-order valence-corrected chi connectivity index (χ4v) is 2.92. The number of nitrogens with one attached hydrogen (secondary N) is 1. The molecule has 0 bridgehead atoms.